The van der Waals surface area contributed by atoms with Gasteiger partial charge in [0.25, 0.3) is 10.0 Å². The fraction of sp³-hybridized carbons (Fsp3) is 0.250. The monoisotopic (exact) mass is 652 g/mol. The number of aryl methyl sites for hydroxylation is 1. The Hall–Kier alpha value is -4.90. The van der Waals surface area contributed by atoms with Crippen LogP contribution < -0.4 is 5.32 Å². The molecule has 2 N–H and O–H groups in total. The van der Waals surface area contributed by atoms with Gasteiger partial charge in [0.2, 0.25) is 0 Å². The van der Waals surface area contributed by atoms with Crippen molar-refractivity contribution in [3.8, 4) is 11.4 Å². The van der Waals surface area contributed by atoms with Crippen molar-refractivity contribution >= 4 is 54.4 Å². The molecule has 47 heavy (non-hydrogen) atoms. The first-order valence-corrected chi connectivity index (χ1v) is 17.0. The zero-order valence-corrected chi connectivity index (χ0v) is 26.1. The van der Waals surface area contributed by atoms with Crippen molar-refractivity contribution in [2.24, 2.45) is 17.8 Å². The summed E-state index contributed by atoms with van der Waals surface area (Å²) in [7, 11) is -4.31. The average molecular weight is 653 g/mol. The third-order valence-electron chi connectivity index (χ3n) is 9.97. The maximum Gasteiger partial charge on any atom is 0.308 e. The minimum Gasteiger partial charge on any atom is -0.481 e. The Labute approximate surface area is 269 Å². The lowest BCUT2D eigenvalue weighted by Crippen LogP contribution is -2.51. The molecule has 0 spiro atoms. The first-order valence-electron chi connectivity index (χ1n) is 15.6. The summed E-state index contributed by atoms with van der Waals surface area (Å²) in [6.45, 7) is 1.82. The Balaban J connectivity index is 1.37. The Morgan fingerprint density at radius 3 is 2.28 bits per heavy atom. The van der Waals surface area contributed by atoms with Crippen LogP contribution in [0.2, 0.25) is 0 Å². The van der Waals surface area contributed by atoms with Crippen LogP contribution in [0.5, 0.6) is 0 Å². The zero-order valence-electron chi connectivity index (χ0n) is 25.3. The number of nitrogens with zero attached hydrogens (tertiary/aromatic N) is 3. The predicted molar refractivity (Wildman–Crippen MR) is 176 cm³/mol. The van der Waals surface area contributed by atoms with Crippen molar-refractivity contribution in [3.05, 3.63) is 96.2 Å². The molecule has 0 saturated heterocycles. The maximum absolute atomic E-state index is 15.5. The SMILES string of the molecule is Cc1ccc(S(=O)(=O)n2cc(-c3nc(NC4C5CCC(CC5)C4C(=O)O)c4cc5ccccc5cc4n3)c3cc(F)cc(F)c32)cc1. The summed E-state index contributed by atoms with van der Waals surface area (Å²) < 4.78 is 58.9. The molecular weight excluding hydrogens is 622 g/mol. The highest BCUT2D eigenvalue weighted by molar-refractivity contribution is 7.90. The number of halogens is 2. The lowest BCUT2D eigenvalue weighted by molar-refractivity contribution is -0.148. The molecule has 3 aliphatic rings. The van der Waals surface area contributed by atoms with Crippen molar-refractivity contribution in [2.75, 3.05) is 5.32 Å². The van der Waals surface area contributed by atoms with Gasteiger partial charge in [-0.05, 0) is 85.5 Å². The number of hydrogen-bond acceptors (Lipinski definition) is 6. The van der Waals surface area contributed by atoms with E-state index in [0.29, 0.717) is 22.8 Å². The molecule has 4 aromatic carbocycles. The molecule has 9 rings (SSSR count). The molecule has 0 radical (unpaired) electrons. The van der Waals surface area contributed by atoms with Gasteiger partial charge in [0.15, 0.2) is 11.6 Å². The van der Waals surface area contributed by atoms with Crippen molar-refractivity contribution < 1.29 is 27.1 Å². The molecule has 3 aliphatic carbocycles. The van der Waals surface area contributed by atoms with Crippen molar-refractivity contribution in [1.29, 1.82) is 0 Å². The summed E-state index contributed by atoms with van der Waals surface area (Å²) in [5.41, 5.74) is 1.16. The topological polar surface area (TPSA) is 114 Å². The Kier molecular flexibility index (Phi) is 6.80. The third-order valence-corrected chi connectivity index (χ3v) is 11.6. The summed E-state index contributed by atoms with van der Waals surface area (Å²) in [5.74, 6) is -2.74. The molecule has 3 fully saturated rings. The minimum absolute atomic E-state index is 0.00980. The highest BCUT2D eigenvalue weighted by Crippen LogP contribution is 2.47. The number of carboxylic acids is 1. The Morgan fingerprint density at radius 2 is 1.57 bits per heavy atom. The molecule has 3 saturated carbocycles. The van der Waals surface area contributed by atoms with E-state index in [1.807, 2.05) is 43.3 Å². The van der Waals surface area contributed by atoms with E-state index in [0.717, 1.165) is 52.1 Å². The molecule has 0 amide bonds. The van der Waals surface area contributed by atoms with E-state index in [1.54, 1.807) is 12.1 Å². The smallest absolute Gasteiger partial charge is 0.308 e. The number of carbonyl (C=O) groups is 1. The van der Waals surface area contributed by atoms with Crippen LogP contribution in [0, 0.1) is 36.3 Å². The normalized spacial score (nSPS) is 21.1. The summed E-state index contributed by atoms with van der Waals surface area (Å²) in [5, 5.41) is 16.2. The average Bonchev–Trinajstić information content (AvgIpc) is 3.45. The van der Waals surface area contributed by atoms with E-state index in [1.165, 1.54) is 18.3 Å². The van der Waals surface area contributed by atoms with E-state index >= 15 is 4.39 Å². The van der Waals surface area contributed by atoms with Gasteiger partial charge in [-0.2, -0.15) is 0 Å². The number of carboxylic acid groups (broad SMARTS) is 1. The molecule has 0 aliphatic heterocycles. The van der Waals surface area contributed by atoms with Gasteiger partial charge in [-0.1, -0.05) is 42.0 Å². The fourth-order valence-electron chi connectivity index (χ4n) is 7.65. The van der Waals surface area contributed by atoms with Gasteiger partial charge < -0.3 is 10.4 Å². The molecule has 2 atom stereocenters. The van der Waals surface area contributed by atoms with E-state index < -0.39 is 33.5 Å². The molecule has 2 unspecified atom stereocenters. The van der Waals surface area contributed by atoms with E-state index in [9.17, 15) is 22.7 Å². The lowest BCUT2D eigenvalue weighted by Gasteiger charge is -2.47. The number of hydrogen-bond donors (Lipinski definition) is 2. The largest absolute Gasteiger partial charge is 0.481 e. The molecule has 6 aromatic rings. The van der Waals surface area contributed by atoms with Crippen molar-refractivity contribution in [3.63, 3.8) is 0 Å². The second-order valence-electron chi connectivity index (χ2n) is 12.8. The first-order chi connectivity index (χ1) is 22.6. The predicted octanol–water partition coefficient (Wildman–Crippen LogP) is 7.53. The van der Waals surface area contributed by atoms with Crippen LogP contribution >= 0.6 is 0 Å². The summed E-state index contributed by atoms with van der Waals surface area (Å²) in [6, 6.07) is 19.1. The zero-order chi connectivity index (χ0) is 32.6. The van der Waals surface area contributed by atoms with Crippen LogP contribution in [0.15, 0.2) is 83.9 Å². The van der Waals surface area contributed by atoms with E-state index in [4.69, 9.17) is 9.97 Å². The Morgan fingerprint density at radius 1 is 0.894 bits per heavy atom. The van der Waals surface area contributed by atoms with Gasteiger partial charge in [0.05, 0.1) is 16.3 Å². The lowest BCUT2D eigenvalue weighted by atomic mass is 9.61. The van der Waals surface area contributed by atoms with Gasteiger partial charge >= 0.3 is 5.97 Å². The summed E-state index contributed by atoms with van der Waals surface area (Å²) >= 11 is 0. The molecule has 11 heteroatoms. The number of rotatable bonds is 6. The second kappa shape index (κ2) is 10.8. The van der Waals surface area contributed by atoms with Crippen LogP contribution in [0.3, 0.4) is 0 Å². The van der Waals surface area contributed by atoms with Gasteiger partial charge in [-0.25, -0.2) is 31.1 Å². The van der Waals surface area contributed by atoms with Crippen molar-refractivity contribution in [2.45, 2.75) is 43.5 Å². The summed E-state index contributed by atoms with van der Waals surface area (Å²) in [6.07, 6.45) is 4.79. The molecule has 2 bridgehead atoms. The Bertz CT molecular complexity index is 2350. The number of benzene rings is 4. The van der Waals surface area contributed by atoms with Crippen LogP contribution in [-0.2, 0) is 14.8 Å². The van der Waals surface area contributed by atoms with Gasteiger partial charge in [0.1, 0.15) is 17.2 Å². The quantitative estimate of drug-likeness (QED) is 0.179. The highest BCUT2D eigenvalue weighted by Gasteiger charge is 2.47. The number of aromatic nitrogens is 3. The molecule has 2 aromatic heterocycles. The molecule has 2 heterocycles. The minimum atomic E-state index is -4.31. The van der Waals surface area contributed by atoms with Gasteiger partial charge in [0, 0.05) is 34.6 Å². The fourth-order valence-corrected chi connectivity index (χ4v) is 9.03. The third kappa shape index (κ3) is 4.83. The first kappa shape index (κ1) is 29.5. The number of anilines is 1. The van der Waals surface area contributed by atoms with Gasteiger partial charge in [-0.3, -0.25) is 4.79 Å². The standard InChI is InChI=1S/C36H30F2N4O4S/c1-19-6-12-25(13-7-19)47(45,46)42-18-28(26-16-24(37)17-29(38)33(26)42)35-39-30-15-23-5-3-2-4-22(23)14-27(30)34(41-35)40-32-21-10-8-20(9-11-21)31(32)36(43)44/h2-7,12-18,20-21,31-32H,8-11H2,1H3,(H,43,44)(H,39,40,41). The molecule has 238 valence electrons. The van der Waals surface area contributed by atoms with Crippen LogP contribution in [0.1, 0.15) is 31.2 Å². The van der Waals surface area contributed by atoms with E-state index in [-0.39, 0.29) is 45.1 Å². The second-order valence-corrected chi connectivity index (χ2v) is 14.6. The van der Waals surface area contributed by atoms with Crippen LogP contribution in [0.4, 0.5) is 14.6 Å². The molecular formula is C36H30F2N4O4S. The summed E-state index contributed by atoms with van der Waals surface area (Å²) in [4.78, 5) is 22.1. The number of fused-ring (bicyclic) bond motifs is 6. The highest BCUT2D eigenvalue weighted by atomic mass is 32.2. The van der Waals surface area contributed by atoms with E-state index in [2.05, 4.69) is 5.32 Å². The number of nitrogens with one attached hydrogen (secondary N) is 1. The maximum atomic E-state index is 15.5. The van der Waals surface area contributed by atoms with Crippen LogP contribution in [-0.4, -0.2) is 39.5 Å². The van der Waals surface area contributed by atoms with Crippen molar-refractivity contribution in [1.82, 2.24) is 13.9 Å². The van der Waals surface area contributed by atoms with Crippen LogP contribution in [0.25, 0.3) is 44.0 Å². The van der Waals surface area contributed by atoms with Gasteiger partial charge in [-0.15, -0.1) is 0 Å². The molecule has 8 nitrogen and oxygen atoms in total. The number of aliphatic carboxylic acids is 1.